The average Bonchev–Trinajstić information content (AvgIpc) is 3.20. The van der Waals surface area contributed by atoms with Crippen LogP contribution in [0.5, 0.6) is 5.75 Å². The average molecular weight is 676 g/mol. The van der Waals surface area contributed by atoms with Crippen LogP contribution in [0, 0.1) is 0 Å². The van der Waals surface area contributed by atoms with Crippen molar-refractivity contribution in [2.45, 2.75) is 43.9 Å². The largest absolute Gasteiger partial charge is 0.507 e. The molecule has 7 rings (SSSR count). The third kappa shape index (κ3) is 6.37. The van der Waals surface area contributed by atoms with Crippen LogP contribution in [0.4, 0.5) is 5.69 Å². The van der Waals surface area contributed by atoms with Crippen molar-refractivity contribution >= 4 is 11.9 Å². The Kier molecular flexibility index (Phi) is 9.49. The van der Waals surface area contributed by atoms with Crippen molar-refractivity contribution in [3.05, 3.63) is 238 Å². The van der Waals surface area contributed by atoms with Gasteiger partial charge in [-0.1, -0.05) is 198 Å². The molecule has 0 spiro atoms. The highest BCUT2D eigenvalue weighted by atomic mass is 16.3. The first-order valence-corrected chi connectivity index (χ1v) is 18.0. The lowest BCUT2D eigenvalue weighted by Crippen LogP contribution is -2.30. The zero-order chi connectivity index (χ0) is 36.2. The van der Waals surface area contributed by atoms with Crippen LogP contribution in [0.25, 0.3) is 0 Å². The fourth-order valence-electron chi connectivity index (χ4n) is 7.63. The predicted molar refractivity (Wildman–Crippen MR) is 217 cm³/mol. The molecule has 0 heterocycles. The van der Waals surface area contributed by atoms with Gasteiger partial charge in [0.25, 0.3) is 0 Å². The zero-order valence-corrected chi connectivity index (χ0v) is 30.4. The number of nitrogens with zero attached hydrogens (tertiary/aromatic N) is 1. The van der Waals surface area contributed by atoms with Gasteiger partial charge in [0.2, 0.25) is 0 Å². The van der Waals surface area contributed by atoms with E-state index in [0.717, 1.165) is 27.9 Å². The van der Waals surface area contributed by atoms with Crippen molar-refractivity contribution in [1.29, 1.82) is 0 Å². The molecule has 256 valence electrons. The molecule has 7 aromatic carbocycles. The van der Waals surface area contributed by atoms with Gasteiger partial charge in [-0.15, -0.1) is 0 Å². The number of phenols is 1. The standard InChI is InChI=1S/C50H45NO/c1-48(2,38-20-10-5-11-21-38)44-34-37(47(52)46(35-44)49(3,4)39-22-12-6-13-23-39)36-51-45-32-30-43(31-33-45)50(40-24-14-7-15-25-40,41-26-16-8-17-27-41)42-28-18-9-19-29-42/h5-36,52H,1-4H3. The van der Waals surface area contributed by atoms with Crippen molar-refractivity contribution in [1.82, 2.24) is 0 Å². The van der Waals surface area contributed by atoms with E-state index in [1.165, 1.54) is 22.3 Å². The molecule has 0 atom stereocenters. The van der Waals surface area contributed by atoms with Gasteiger partial charge in [0.15, 0.2) is 0 Å². The van der Waals surface area contributed by atoms with Crippen molar-refractivity contribution in [3.63, 3.8) is 0 Å². The van der Waals surface area contributed by atoms with Crippen molar-refractivity contribution in [2.24, 2.45) is 4.99 Å². The van der Waals surface area contributed by atoms with Crippen LogP contribution in [0.2, 0.25) is 0 Å². The molecule has 0 unspecified atom stereocenters. The van der Waals surface area contributed by atoms with E-state index in [-0.39, 0.29) is 11.2 Å². The van der Waals surface area contributed by atoms with E-state index in [2.05, 4.69) is 204 Å². The highest BCUT2D eigenvalue weighted by molar-refractivity contribution is 5.87. The van der Waals surface area contributed by atoms with Crippen LogP contribution in [0.1, 0.15) is 77.8 Å². The third-order valence-corrected chi connectivity index (χ3v) is 10.8. The third-order valence-electron chi connectivity index (χ3n) is 10.8. The van der Waals surface area contributed by atoms with Gasteiger partial charge in [-0.05, 0) is 57.1 Å². The molecule has 0 bridgehead atoms. The molecular formula is C50H45NO. The Morgan fingerprint density at radius 2 is 0.769 bits per heavy atom. The maximum Gasteiger partial charge on any atom is 0.128 e. The number of aliphatic imine (C=N–C) groups is 1. The summed E-state index contributed by atoms with van der Waals surface area (Å²) in [5.41, 5.74) is 9.28. The summed E-state index contributed by atoms with van der Waals surface area (Å²) in [6, 6.07) is 66.0. The van der Waals surface area contributed by atoms with Gasteiger partial charge in [-0.2, -0.15) is 0 Å². The van der Waals surface area contributed by atoms with Crippen molar-refractivity contribution in [3.8, 4) is 5.75 Å². The van der Waals surface area contributed by atoms with E-state index in [4.69, 9.17) is 4.99 Å². The molecule has 7 aromatic rings. The first kappa shape index (κ1) is 34.5. The molecule has 0 saturated heterocycles. The SMILES string of the molecule is CC(C)(c1ccccc1)c1cc(C=Nc2ccc(C(c3ccccc3)(c3ccccc3)c3ccccc3)cc2)c(O)c(C(C)(C)c2ccccc2)c1. The maximum absolute atomic E-state index is 12.0. The number of phenolic OH excluding ortho intramolecular Hbond substituents is 1. The van der Waals surface area contributed by atoms with Gasteiger partial charge in [-0.25, -0.2) is 0 Å². The molecule has 0 aliphatic heterocycles. The molecule has 2 nitrogen and oxygen atoms in total. The van der Waals surface area contributed by atoms with Gasteiger partial charge in [0, 0.05) is 28.2 Å². The van der Waals surface area contributed by atoms with Gasteiger partial charge < -0.3 is 5.11 Å². The molecule has 0 fully saturated rings. The van der Waals surface area contributed by atoms with E-state index < -0.39 is 10.8 Å². The van der Waals surface area contributed by atoms with E-state index in [1.54, 1.807) is 0 Å². The number of benzene rings is 7. The Hall–Kier alpha value is -5.99. The molecule has 0 saturated carbocycles. The Balaban J connectivity index is 1.34. The Morgan fingerprint density at radius 3 is 1.19 bits per heavy atom. The molecule has 0 aliphatic rings. The van der Waals surface area contributed by atoms with Crippen molar-refractivity contribution < 1.29 is 5.11 Å². The monoisotopic (exact) mass is 675 g/mol. The minimum atomic E-state index is -0.528. The van der Waals surface area contributed by atoms with E-state index in [1.807, 2.05) is 18.3 Å². The van der Waals surface area contributed by atoms with Crippen LogP contribution < -0.4 is 0 Å². The van der Waals surface area contributed by atoms with Crippen molar-refractivity contribution in [2.75, 3.05) is 0 Å². The number of rotatable bonds is 10. The molecule has 0 radical (unpaired) electrons. The molecule has 52 heavy (non-hydrogen) atoms. The topological polar surface area (TPSA) is 32.6 Å². The lowest BCUT2D eigenvalue weighted by Gasteiger charge is -2.36. The van der Waals surface area contributed by atoms with Crippen LogP contribution in [-0.4, -0.2) is 11.3 Å². The number of aromatic hydroxyl groups is 1. The zero-order valence-electron chi connectivity index (χ0n) is 30.4. The maximum atomic E-state index is 12.0. The summed E-state index contributed by atoms with van der Waals surface area (Å²) < 4.78 is 0. The highest BCUT2D eigenvalue weighted by Gasteiger charge is 2.38. The predicted octanol–water partition coefficient (Wildman–Crippen LogP) is 12.2. The summed E-state index contributed by atoms with van der Waals surface area (Å²) in [6.45, 7) is 8.84. The summed E-state index contributed by atoms with van der Waals surface area (Å²) >= 11 is 0. The van der Waals surface area contributed by atoms with E-state index >= 15 is 0 Å². The molecule has 2 heteroatoms. The fourth-order valence-corrected chi connectivity index (χ4v) is 7.63. The van der Waals surface area contributed by atoms with Crippen LogP contribution >= 0.6 is 0 Å². The fraction of sp³-hybridized carbons (Fsp3) is 0.140. The van der Waals surface area contributed by atoms with E-state index in [9.17, 15) is 5.11 Å². The molecule has 1 N–H and O–H groups in total. The second kappa shape index (κ2) is 14.3. The van der Waals surface area contributed by atoms with Gasteiger partial charge >= 0.3 is 0 Å². The molecule has 0 aromatic heterocycles. The lowest BCUT2D eigenvalue weighted by molar-refractivity contribution is 0.451. The second-order valence-electron chi connectivity index (χ2n) is 14.6. The minimum absolute atomic E-state index is 0.248. The summed E-state index contributed by atoms with van der Waals surface area (Å²) in [6.07, 6.45) is 1.82. The summed E-state index contributed by atoms with van der Waals surface area (Å²) in [7, 11) is 0. The summed E-state index contributed by atoms with van der Waals surface area (Å²) in [5.74, 6) is 0.248. The quantitative estimate of drug-likeness (QED) is 0.114. The number of hydrogen-bond donors (Lipinski definition) is 1. The first-order chi connectivity index (χ1) is 25.2. The lowest BCUT2D eigenvalue weighted by atomic mass is 9.65. The Morgan fingerprint density at radius 1 is 0.404 bits per heavy atom. The van der Waals surface area contributed by atoms with Gasteiger partial charge in [0.05, 0.1) is 11.1 Å². The highest BCUT2D eigenvalue weighted by Crippen LogP contribution is 2.46. The van der Waals surface area contributed by atoms with Crippen LogP contribution in [-0.2, 0) is 16.2 Å². The molecule has 0 amide bonds. The van der Waals surface area contributed by atoms with E-state index in [0.29, 0.717) is 5.56 Å². The minimum Gasteiger partial charge on any atom is -0.507 e. The van der Waals surface area contributed by atoms with Crippen LogP contribution in [0.15, 0.2) is 193 Å². The molecular weight excluding hydrogens is 631 g/mol. The Labute approximate surface area is 308 Å². The Bertz CT molecular complexity index is 2160. The second-order valence-corrected chi connectivity index (χ2v) is 14.6. The summed E-state index contributed by atoms with van der Waals surface area (Å²) in [5, 5.41) is 12.0. The normalized spacial score (nSPS) is 12.2. The summed E-state index contributed by atoms with van der Waals surface area (Å²) in [4.78, 5) is 4.99. The first-order valence-electron chi connectivity index (χ1n) is 18.0. The van der Waals surface area contributed by atoms with Gasteiger partial charge in [-0.3, -0.25) is 4.99 Å². The van der Waals surface area contributed by atoms with Gasteiger partial charge in [0.1, 0.15) is 5.75 Å². The number of hydrogen-bond acceptors (Lipinski definition) is 2. The van der Waals surface area contributed by atoms with Crippen LogP contribution in [0.3, 0.4) is 0 Å². The molecule has 0 aliphatic carbocycles. The smallest absolute Gasteiger partial charge is 0.128 e.